The third-order valence-corrected chi connectivity index (χ3v) is 23.1. The lowest BCUT2D eigenvalue weighted by molar-refractivity contribution is -0.416. The van der Waals surface area contributed by atoms with Gasteiger partial charge >= 0.3 is 0 Å². The smallest absolute Gasteiger partial charge is 0.269 e. The van der Waals surface area contributed by atoms with E-state index >= 15 is 0 Å². The van der Waals surface area contributed by atoms with E-state index in [4.69, 9.17) is 100 Å². The third-order valence-electron chi connectivity index (χ3n) is 23.1. The summed E-state index contributed by atoms with van der Waals surface area (Å²) in [6.07, 6.45) is -56.2. The predicted molar refractivity (Wildman–Crippen MR) is 398 cm³/mol. The summed E-state index contributed by atoms with van der Waals surface area (Å²) in [6, 6.07) is 0. The van der Waals surface area contributed by atoms with E-state index in [1.54, 1.807) is 48.5 Å². The number of ether oxygens (including phenoxy) is 18. The van der Waals surface area contributed by atoms with Crippen LogP contribution < -0.4 is 10.2 Å². The van der Waals surface area contributed by atoms with Gasteiger partial charge in [-0.2, -0.15) is 0 Å². The van der Waals surface area contributed by atoms with Gasteiger partial charge in [0.25, 0.3) is 1.45 Å². The highest BCUT2D eigenvalue weighted by atomic mass is 19.0. The summed E-state index contributed by atoms with van der Waals surface area (Å²) in [5.74, 6) is -13.6. The highest BCUT2D eigenvalue weighted by Crippen LogP contribution is 2.44. The lowest BCUT2D eigenvalue weighted by Gasteiger charge is -2.52. The fraction of sp³-hybridized carbons (Fsp3) is 0.973. The standard InChI is InChI=1S/C33H58O21.C18H32O12.C14H26O10.C8H16O5.CH4.FH.H2/c1-11-14(37)7-33(31(45)46,52-24(11)19(40)15(38)8-34)53-27-20(41)16(9-35)48-30(23(27)44)50-25-12(2)28(54-32(4,5)6)49-17(10-36)26(25)51-29-22(43)21(42)18(39)13(3)47-29;1-7-9(20)4-18(17(25)26,30-15(7)13(23)10(21)5-19)28-6-11-14(24)12(22)8(2)16(27-3)29-11;1-5-12(9(18)7(4-16)22-13(5)21-2)24-14-11(20)10(19)8(17)6(3-15)23-14;1-4-6(10)7(11)5(3-9)13-8(4)12-2;;;/h11-30,34-44H,7-10H2,1-6H3,(H,45,46);7-16,19-24H,4-6H2,1-3H3,(H,25,26);5-20H,3-4H2,1-2H3;4-11H,3H2,1-2H3;1H4;2*1H/p-2/t11-,12?,13?,14-,15-,16?,17?,18-,19-,20+,21+,22?,23?,24?,25-,26-,27+,28?,29+,30+,33+;7-,8?,9-,10-,11?,12-,13-,14+,15?,16+,18-;5?,6?,7?,8-,9-,10-,11?,12+,13-,14-;4?,5?,6-,7+,8+;;;/m1101.../s1/i;;;;;;1+2/hT. The summed E-state index contributed by atoms with van der Waals surface area (Å²) in [6.45, 7) is 10.6. The van der Waals surface area contributed by atoms with Gasteiger partial charge in [0.2, 0.25) is 11.6 Å². The molecule has 0 radical (unpaired) electrons. The van der Waals surface area contributed by atoms with E-state index in [1.165, 1.54) is 42.1 Å². The number of carbonyl (C=O) groups is 2. The number of aliphatic hydroxyl groups excluding tert-OH is 26. The number of methoxy groups -OCH3 is 3. The molecule has 0 amide bonds. The summed E-state index contributed by atoms with van der Waals surface area (Å²) in [4.78, 5) is 24.6. The zero-order valence-corrected chi connectivity index (χ0v) is 69.5. The van der Waals surface area contributed by atoms with Gasteiger partial charge < -0.3 is 238 Å². The molecule has 48 nitrogen and oxygen atoms in total. The number of carboxylic acid groups (broad SMARTS) is 2. The van der Waals surface area contributed by atoms with Crippen LogP contribution in [0.1, 0.15) is 90.9 Å². The Bertz CT molecular complexity index is 3010. The number of carbonyl (C=O) groups excluding carboxylic acids is 2. The molecule has 9 aliphatic heterocycles. The van der Waals surface area contributed by atoms with Gasteiger partial charge in [-0.1, -0.05) is 49.0 Å². The molecule has 9 saturated heterocycles. The zero-order chi connectivity index (χ0) is 93.4. The van der Waals surface area contributed by atoms with Crippen molar-refractivity contribution in [3.8, 4) is 0 Å². The molecule has 123 heavy (non-hydrogen) atoms. The maximum absolute atomic E-state index is 12.7. The molecule has 730 valence electrons. The molecule has 49 heteroatoms. The summed E-state index contributed by atoms with van der Waals surface area (Å²) in [5.41, 5.74) is -0.818. The van der Waals surface area contributed by atoms with Gasteiger partial charge in [0, 0.05) is 71.1 Å². The van der Waals surface area contributed by atoms with Crippen molar-refractivity contribution in [2.75, 3.05) is 74.2 Å². The predicted octanol–water partition coefficient (Wildman–Crippen LogP) is -14.5. The fourth-order valence-corrected chi connectivity index (χ4v) is 15.3. The molecule has 0 saturated carbocycles. The molecule has 47 atom stereocenters. The Morgan fingerprint density at radius 1 is 0.407 bits per heavy atom. The van der Waals surface area contributed by atoms with E-state index in [-0.39, 0.29) is 21.4 Å². The number of rotatable bonds is 28. The first-order chi connectivity index (χ1) is 57.5. The van der Waals surface area contributed by atoms with Crippen molar-refractivity contribution in [3.05, 3.63) is 0 Å². The molecule has 0 spiro atoms. The number of aliphatic carboxylic acids is 2. The van der Waals surface area contributed by atoms with E-state index in [2.05, 4.69) is 1.45 Å². The molecule has 17 unspecified atom stereocenters. The summed E-state index contributed by atoms with van der Waals surface area (Å²) in [7, 11) is 4.20. The monoisotopic (exact) mass is 1820 g/mol. The fourth-order valence-electron chi connectivity index (χ4n) is 15.3. The van der Waals surface area contributed by atoms with Crippen LogP contribution in [0.4, 0.5) is 4.72 Å². The van der Waals surface area contributed by atoms with E-state index in [0.717, 1.165) is 0 Å². The lowest BCUT2D eigenvalue weighted by atomic mass is 9.84. The van der Waals surface area contributed by atoms with Crippen molar-refractivity contribution in [1.29, 1.82) is 1.45 Å². The molecular weight excluding hydrogens is 1680 g/mol. The van der Waals surface area contributed by atoms with Crippen LogP contribution in [0.2, 0.25) is 0 Å². The Labute approximate surface area is 711 Å². The average molecular weight is 1820 g/mol. The van der Waals surface area contributed by atoms with Crippen LogP contribution in [-0.4, -0.2) is 477 Å². The number of hydrogen-bond donors (Lipinski definition) is 26. The second-order valence-corrected chi connectivity index (χ2v) is 32.8. The van der Waals surface area contributed by atoms with Gasteiger partial charge in [0.1, 0.15) is 152 Å². The van der Waals surface area contributed by atoms with E-state index in [9.17, 15) is 142 Å². The minimum absolute atomic E-state index is 0. The molecule has 9 rings (SSSR count). The first-order valence-corrected chi connectivity index (χ1v) is 39.7. The van der Waals surface area contributed by atoms with Crippen LogP contribution in [0.15, 0.2) is 0 Å². The number of halogens is 1. The van der Waals surface area contributed by atoms with Crippen LogP contribution in [-0.2, 0) is 94.9 Å². The molecular formula is C74H137FO48-2. The minimum Gasteiger partial charge on any atom is -0.544 e. The van der Waals surface area contributed by atoms with E-state index < -0.39 is 357 Å². The molecule has 9 aliphatic rings. The molecule has 0 aromatic rings. The second-order valence-electron chi connectivity index (χ2n) is 32.8. The third kappa shape index (κ3) is 26.3. The van der Waals surface area contributed by atoms with Crippen LogP contribution in [0.25, 0.3) is 0 Å². The minimum atomic E-state index is -3.00. The molecule has 26 N–H and O–H groups in total. The lowest BCUT2D eigenvalue weighted by Crippen LogP contribution is -2.69. The maximum Gasteiger partial charge on any atom is 0.269 e. The van der Waals surface area contributed by atoms with Gasteiger partial charge in [-0.25, -0.2) is 0 Å². The second kappa shape index (κ2) is 49.0. The van der Waals surface area contributed by atoms with Crippen LogP contribution >= 0.6 is 0 Å². The van der Waals surface area contributed by atoms with Crippen molar-refractivity contribution in [2.24, 2.45) is 35.5 Å². The Morgan fingerprint density at radius 3 is 1.16 bits per heavy atom. The molecule has 0 aliphatic carbocycles. The Morgan fingerprint density at radius 2 is 0.740 bits per heavy atom. The molecule has 0 aromatic carbocycles. The van der Waals surface area contributed by atoms with E-state index in [1.807, 2.05) is 0 Å². The maximum atomic E-state index is 12.7. The van der Waals surface area contributed by atoms with Gasteiger partial charge in [-0.15, -0.1) is 0 Å². The van der Waals surface area contributed by atoms with Gasteiger partial charge in [-0.3, -0.25) is 4.72 Å². The van der Waals surface area contributed by atoms with Crippen molar-refractivity contribution in [2.45, 2.75) is 346 Å². The highest BCUT2D eigenvalue weighted by Gasteiger charge is 2.60. The first kappa shape index (κ1) is 111. The normalized spacial score (nSPS) is 46.4. The molecule has 0 bridgehead atoms. The summed E-state index contributed by atoms with van der Waals surface area (Å²) >= 11 is 0. The van der Waals surface area contributed by atoms with Crippen LogP contribution in [0.5, 0.6) is 0 Å². The number of aliphatic hydroxyl groups is 26. The van der Waals surface area contributed by atoms with Crippen molar-refractivity contribution in [1.82, 2.24) is 0 Å². The van der Waals surface area contributed by atoms with E-state index in [0.29, 0.717) is 0 Å². The summed E-state index contributed by atoms with van der Waals surface area (Å²) < 4.78 is 113. The largest absolute Gasteiger partial charge is 0.544 e. The highest BCUT2D eigenvalue weighted by molar-refractivity contribution is 5.74. The SMILES string of the molecule is C.CC1O[C@@H](O[C@@H]2C(CO)OC(OC(C)(C)C)C(C)[C@H]2O[C@@H]2OC(CO)[C@H](O)[C@H](O[C@]3(C(=O)[O-])C[C@@H](O)[C@@H](C)C([C@H](O)[C@H](O)CO)O3)C2O)C(O)[C@@H](O)[C@@H]1O.CO[C@H]1OC(CO)[C@H](O)[C@H](O)C1C.CO[C@H]1OC(CO)[C@H](O)[C@H](O[C@@H]2OC(CO)[C@H](O)[C@H](O)C2O)C1C.CO[C@H]1OC(CO[C@]2(C(=O)[O-])C[C@@H](O)[C@@H](C)C([C@H](O)[C@H](O)CO)O2)[C@H](O)[C@H](O)C1C.[3HH].[3H]F. The van der Waals surface area contributed by atoms with Crippen molar-refractivity contribution >= 4 is 11.9 Å². The number of hydrogen-bond acceptors (Lipinski definition) is 48. The molecule has 9 fully saturated rings. The molecule has 9 heterocycles. The quantitative estimate of drug-likeness (QED) is 0.0346. The Hall–Kier alpha value is -2.89. The van der Waals surface area contributed by atoms with Crippen LogP contribution in [0, 0.1) is 35.5 Å². The Balaban J connectivity index is 0.000000477. The molecule has 0 aromatic heterocycles. The zero-order valence-electron chi connectivity index (χ0n) is 70.5. The van der Waals surface area contributed by atoms with Gasteiger partial charge in [-0.05, 0) is 27.7 Å². The average Bonchev–Trinajstić information content (AvgIpc) is 0.725. The summed E-state index contributed by atoms with van der Waals surface area (Å²) in [5, 5.41) is 286. The van der Waals surface area contributed by atoms with Crippen LogP contribution in [0.3, 0.4) is 0 Å². The first-order valence-electron chi connectivity index (χ1n) is 40.0. The van der Waals surface area contributed by atoms with Gasteiger partial charge in [0.15, 0.2) is 44.0 Å². The Kier molecular flexibility index (Phi) is 44.1. The topological polar surface area (TPSA) is 772 Å². The van der Waals surface area contributed by atoms with Crippen molar-refractivity contribution in [3.63, 3.8) is 0 Å². The number of carboxylic acids is 2. The van der Waals surface area contributed by atoms with Gasteiger partial charge in [0.05, 0.1) is 113 Å². The van der Waals surface area contributed by atoms with Crippen molar-refractivity contribution < 1.29 is 244 Å².